The Morgan fingerprint density at radius 1 is 1.15 bits per heavy atom. The number of hydrogen-bond acceptors (Lipinski definition) is 6. The zero-order chi connectivity index (χ0) is 22.0. The zero-order valence-electron chi connectivity index (χ0n) is 18.9. The molecule has 10 heteroatoms. The minimum absolute atomic E-state index is 0. The molecule has 1 aliphatic heterocycles. The number of carbonyl (C=O) groups excluding carboxylic acids is 1. The van der Waals surface area contributed by atoms with E-state index in [0.29, 0.717) is 37.1 Å². The summed E-state index contributed by atoms with van der Waals surface area (Å²) in [6, 6.07) is 7.87. The monoisotopic (exact) mass is 515 g/mol. The molecule has 182 valence electrons. The van der Waals surface area contributed by atoms with Gasteiger partial charge in [0.25, 0.3) is 0 Å². The first-order chi connectivity index (χ1) is 14.9. The molecule has 0 radical (unpaired) electrons. The highest BCUT2D eigenvalue weighted by molar-refractivity contribution is 6.30. The maximum absolute atomic E-state index is 13.4. The quantitative estimate of drug-likeness (QED) is 0.613. The van der Waals surface area contributed by atoms with E-state index >= 15 is 0 Å². The third-order valence-electron chi connectivity index (χ3n) is 6.13. The first-order valence-electron chi connectivity index (χ1n) is 11.0. The summed E-state index contributed by atoms with van der Waals surface area (Å²) in [7, 11) is 0. The average Bonchev–Trinajstić information content (AvgIpc) is 3.16. The number of fused-ring (bicyclic) bond motifs is 1. The van der Waals surface area contributed by atoms with Crippen LogP contribution in [0.25, 0.3) is 0 Å². The van der Waals surface area contributed by atoms with E-state index in [0.717, 1.165) is 42.1 Å². The molecule has 1 fully saturated rings. The normalized spacial score (nSPS) is 18.4. The highest BCUT2D eigenvalue weighted by atomic mass is 35.5. The third kappa shape index (κ3) is 6.28. The number of anilines is 1. The van der Waals surface area contributed by atoms with Crippen LogP contribution >= 0.6 is 36.4 Å². The van der Waals surface area contributed by atoms with E-state index in [-0.39, 0.29) is 36.6 Å². The van der Waals surface area contributed by atoms with Gasteiger partial charge < -0.3 is 20.2 Å². The van der Waals surface area contributed by atoms with Crippen molar-refractivity contribution in [1.29, 1.82) is 0 Å². The van der Waals surface area contributed by atoms with Gasteiger partial charge in [0.05, 0.1) is 17.7 Å². The number of nitrogens with zero attached hydrogens (tertiary/aromatic N) is 4. The molecule has 2 aliphatic rings. The first kappa shape index (κ1) is 27.6. The van der Waals surface area contributed by atoms with Crippen LogP contribution in [0.4, 0.5) is 5.82 Å². The lowest BCUT2D eigenvalue weighted by Gasteiger charge is -2.37. The molecule has 1 saturated heterocycles. The molecule has 1 aliphatic carbocycles. The van der Waals surface area contributed by atoms with Crippen molar-refractivity contribution in [3.05, 3.63) is 52.4 Å². The highest BCUT2D eigenvalue weighted by Gasteiger charge is 2.32. The van der Waals surface area contributed by atoms with Crippen LogP contribution in [0, 0.1) is 0 Å². The van der Waals surface area contributed by atoms with Gasteiger partial charge in [-0.3, -0.25) is 4.79 Å². The van der Waals surface area contributed by atoms with Crippen LogP contribution in [0.2, 0.25) is 5.02 Å². The van der Waals surface area contributed by atoms with E-state index < -0.39 is 6.10 Å². The molecule has 1 aromatic heterocycles. The van der Waals surface area contributed by atoms with E-state index in [1.807, 2.05) is 29.2 Å². The van der Waals surface area contributed by atoms with Crippen LogP contribution in [-0.2, 0) is 11.2 Å². The Bertz CT molecular complexity index is 921. The van der Waals surface area contributed by atoms with Crippen molar-refractivity contribution in [2.45, 2.75) is 44.8 Å². The molecule has 1 aromatic carbocycles. The minimum Gasteiger partial charge on any atom is -0.387 e. The molecule has 2 aromatic rings. The van der Waals surface area contributed by atoms with Gasteiger partial charge in [0.15, 0.2) is 0 Å². The van der Waals surface area contributed by atoms with Crippen molar-refractivity contribution in [3.8, 4) is 0 Å². The van der Waals surface area contributed by atoms with Crippen LogP contribution in [0.5, 0.6) is 0 Å². The van der Waals surface area contributed by atoms with E-state index in [4.69, 9.17) is 11.6 Å². The number of benzene rings is 1. The minimum atomic E-state index is -0.492. The van der Waals surface area contributed by atoms with Crippen molar-refractivity contribution in [1.82, 2.24) is 20.2 Å². The maximum Gasteiger partial charge on any atom is 0.231 e. The van der Waals surface area contributed by atoms with Gasteiger partial charge in [0, 0.05) is 49.4 Å². The number of amides is 1. The molecule has 7 nitrogen and oxygen atoms in total. The molecular formula is C23H32Cl3N5O2. The third-order valence-corrected chi connectivity index (χ3v) is 6.38. The number of nitrogens with one attached hydrogen (secondary N) is 1. The fourth-order valence-corrected chi connectivity index (χ4v) is 4.51. The number of rotatable bonds is 6. The number of piperazine rings is 1. The summed E-state index contributed by atoms with van der Waals surface area (Å²) in [6.45, 7) is 7.48. The van der Waals surface area contributed by atoms with Crippen molar-refractivity contribution in [2.75, 3.05) is 37.6 Å². The standard InChI is InChI=1S/C23H30ClN5O2.2ClH/c1-15(2)25-13-19(16-3-5-17(24)6-4-16)23(31)29-11-9-28(10-12-29)22-18-7-8-20(30)21(18)26-14-27-22;;/h3-6,14-15,19-20,25,30H,7-13H2,1-2H3;2*1H. The van der Waals surface area contributed by atoms with Gasteiger partial charge in [-0.2, -0.15) is 0 Å². The summed E-state index contributed by atoms with van der Waals surface area (Å²) in [5, 5.41) is 14.2. The van der Waals surface area contributed by atoms with Gasteiger partial charge in [-0.05, 0) is 30.5 Å². The molecule has 2 N–H and O–H groups in total. The number of aliphatic hydroxyl groups excluding tert-OH is 1. The van der Waals surface area contributed by atoms with E-state index in [2.05, 4.69) is 34.0 Å². The predicted molar refractivity (Wildman–Crippen MR) is 136 cm³/mol. The summed E-state index contributed by atoms with van der Waals surface area (Å²) in [5.74, 6) is 0.799. The smallest absolute Gasteiger partial charge is 0.231 e. The number of hydrogen-bond donors (Lipinski definition) is 2. The Balaban J connectivity index is 0.00000193. The van der Waals surface area contributed by atoms with Crippen LogP contribution < -0.4 is 10.2 Å². The van der Waals surface area contributed by atoms with Crippen LogP contribution in [0.1, 0.15) is 49.1 Å². The molecule has 2 heterocycles. The number of aromatic nitrogens is 2. The Labute approximate surface area is 212 Å². The topological polar surface area (TPSA) is 81.6 Å². The lowest BCUT2D eigenvalue weighted by molar-refractivity contribution is -0.133. The van der Waals surface area contributed by atoms with Crippen molar-refractivity contribution in [2.24, 2.45) is 0 Å². The van der Waals surface area contributed by atoms with E-state index in [1.54, 1.807) is 0 Å². The number of carbonyl (C=O) groups is 1. The molecule has 0 bridgehead atoms. The van der Waals surface area contributed by atoms with Crippen molar-refractivity contribution in [3.63, 3.8) is 0 Å². The van der Waals surface area contributed by atoms with Crippen molar-refractivity contribution >= 4 is 48.1 Å². The van der Waals surface area contributed by atoms with Gasteiger partial charge in [-0.15, -0.1) is 24.8 Å². The number of halogens is 3. The summed E-state index contributed by atoms with van der Waals surface area (Å²) < 4.78 is 0. The zero-order valence-corrected chi connectivity index (χ0v) is 21.3. The molecule has 2 unspecified atom stereocenters. The second-order valence-electron chi connectivity index (χ2n) is 8.59. The lowest BCUT2D eigenvalue weighted by Crippen LogP contribution is -2.51. The van der Waals surface area contributed by atoms with Crippen LogP contribution in [0.3, 0.4) is 0 Å². The van der Waals surface area contributed by atoms with Crippen LogP contribution in [-0.4, -0.2) is 64.6 Å². The molecule has 4 rings (SSSR count). The molecule has 33 heavy (non-hydrogen) atoms. The summed E-state index contributed by atoms with van der Waals surface area (Å²) in [4.78, 5) is 26.4. The van der Waals surface area contributed by atoms with Gasteiger partial charge >= 0.3 is 0 Å². The van der Waals surface area contributed by atoms with Gasteiger partial charge in [0.2, 0.25) is 5.91 Å². The Hall–Kier alpha value is -1.64. The number of aliphatic hydroxyl groups is 1. The summed E-state index contributed by atoms with van der Waals surface area (Å²) in [5.41, 5.74) is 2.79. The SMILES string of the molecule is CC(C)NCC(C(=O)N1CCN(c2ncnc3c2CCC3O)CC1)c1ccc(Cl)cc1.Cl.Cl. The fourth-order valence-electron chi connectivity index (χ4n) is 4.39. The van der Waals surface area contributed by atoms with Crippen molar-refractivity contribution < 1.29 is 9.90 Å². The fraction of sp³-hybridized carbons (Fsp3) is 0.522. The lowest BCUT2D eigenvalue weighted by atomic mass is 9.96. The molecule has 1 amide bonds. The average molecular weight is 517 g/mol. The molecule has 0 saturated carbocycles. The highest BCUT2D eigenvalue weighted by Crippen LogP contribution is 2.34. The van der Waals surface area contributed by atoms with E-state index in [9.17, 15) is 9.90 Å². The van der Waals surface area contributed by atoms with Crippen LogP contribution in [0.15, 0.2) is 30.6 Å². The Morgan fingerprint density at radius 3 is 2.45 bits per heavy atom. The molecule has 2 atom stereocenters. The molecular weight excluding hydrogens is 485 g/mol. The van der Waals surface area contributed by atoms with E-state index in [1.165, 1.54) is 6.33 Å². The largest absolute Gasteiger partial charge is 0.387 e. The predicted octanol–water partition coefficient (Wildman–Crippen LogP) is 3.38. The second-order valence-corrected chi connectivity index (χ2v) is 9.03. The van der Waals surface area contributed by atoms with Gasteiger partial charge in [0.1, 0.15) is 12.1 Å². The van der Waals surface area contributed by atoms with Gasteiger partial charge in [-0.1, -0.05) is 37.6 Å². The Kier molecular flexibility index (Phi) is 10.2. The second kappa shape index (κ2) is 12.2. The maximum atomic E-state index is 13.4. The van der Waals surface area contributed by atoms with Gasteiger partial charge in [-0.25, -0.2) is 9.97 Å². The summed E-state index contributed by atoms with van der Waals surface area (Å²) in [6.07, 6.45) is 2.54. The molecule has 0 spiro atoms. The first-order valence-corrected chi connectivity index (χ1v) is 11.4. The Morgan fingerprint density at radius 2 is 1.82 bits per heavy atom. The summed E-state index contributed by atoms with van der Waals surface area (Å²) >= 11 is 6.05.